The summed E-state index contributed by atoms with van der Waals surface area (Å²) in [6.45, 7) is 0. The summed E-state index contributed by atoms with van der Waals surface area (Å²) in [5.74, 6) is -1.48. The van der Waals surface area contributed by atoms with Gasteiger partial charge in [0.15, 0.2) is 5.75 Å². The Labute approximate surface area is 283 Å². The molecule has 4 rings (SSSR count). The molecular weight excluding hydrogens is 593 g/mol. The fourth-order valence-electron chi connectivity index (χ4n) is 3.50. The summed E-state index contributed by atoms with van der Waals surface area (Å²) in [5, 5.41) is 17.8. The van der Waals surface area contributed by atoms with Crippen LogP contribution >= 0.6 is 0 Å². The van der Waals surface area contributed by atoms with E-state index in [1.165, 1.54) is 30.3 Å². The Balaban J connectivity index is 0.00000241. The Morgan fingerprint density at radius 1 is 0.605 bits per heavy atom. The molecule has 0 radical (unpaired) electrons. The van der Waals surface area contributed by atoms with Crippen molar-refractivity contribution in [1.82, 2.24) is 0 Å². The van der Waals surface area contributed by atoms with E-state index in [0.717, 1.165) is 18.2 Å². The van der Waals surface area contributed by atoms with E-state index >= 15 is 0 Å². The zero-order chi connectivity index (χ0) is 25.8. The number of fused-ring (bicyclic) bond motifs is 2. The number of hydrogen-bond acceptors (Lipinski definition) is 12. The molecule has 38 heavy (non-hydrogen) atoms. The SMILES string of the molecule is O=S(=O)([O-])c1cc2cc(N=Nc3ccc(S(=O)(=O)[O-])c4ccccc34)ccc2c(S(=O)(=O)[O-])c1O.[Na+].[Na+].[Na+]. The summed E-state index contributed by atoms with van der Waals surface area (Å²) >= 11 is 0. The molecule has 0 unspecified atom stereocenters. The molecule has 12 nitrogen and oxygen atoms in total. The summed E-state index contributed by atoms with van der Waals surface area (Å²) in [6, 6.07) is 12.5. The third-order valence-electron chi connectivity index (χ3n) is 4.94. The molecule has 18 heteroatoms. The van der Waals surface area contributed by atoms with E-state index < -0.39 is 50.8 Å². The van der Waals surface area contributed by atoms with Crippen LogP contribution in [0, 0.1) is 0 Å². The van der Waals surface area contributed by atoms with E-state index in [1.807, 2.05) is 0 Å². The minimum absolute atomic E-state index is 0. The van der Waals surface area contributed by atoms with Gasteiger partial charge in [-0.15, -0.1) is 5.11 Å². The van der Waals surface area contributed by atoms with Crippen LogP contribution in [0.3, 0.4) is 0 Å². The molecule has 0 heterocycles. The van der Waals surface area contributed by atoms with Crippen LogP contribution in [0.25, 0.3) is 21.5 Å². The third-order valence-corrected chi connectivity index (χ3v) is 7.60. The molecule has 1 N–H and O–H groups in total. The summed E-state index contributed by atoms with van der Waals surface area (Å²) < 4.78 is 104. The first-order chi connectivity index (χ1) is 16.2. The van der Waals surface area contributed by atoms with Crippen molar-refractivity contribution in [2.24, 2.45) is 10.2 Å². The number of phenolic OH excluding ortho intramolecular Hbond substituents is 1. The predicted octanol–water partition coefficient (Wildman–Crippen LogP) is -6.16. The van der Waals surface area contributed by atoms with E-state index in [9.17, 15) is 44.0 Å². The Bertz CT molecular complexity index is 1900. The second-order valence-corrected chi connectivity index (χ2v) is 11.2. The molecule has 0 saturated heterocycles. The van der Waals surface area contributed by atoms with Gasteiger partial charge in [-0.3, -0.25) is 0 Å². The van der Waals surface area contributed by atoms with Gasteiger partial charge in [0.25, 0.3) is 0 Å². The molecule has 182 valence electrons. The van der Waals surface area contributed by atoms with Gasteiger partial charge in [-0.2, -0.15) is 5.11 Å². The smallest absolute Gasteiger partial charge is 0.744 e. The first kappa shape index (κ1) is 35.6. The summed E-state index contributed by atoms with van der Waals surface area (Å²) in [4.78, 5) is -3.02. The summed E-state index contributed by atoms with van der Waals surface area (Å²) in [6.07, 6.45) is 0. The molecule has 4 aromatic rings. The number of azo groups is 1. The fraction of sp³-hybridized carbons (Fsp3) is 0. The van der Waals surface area contributed by atoms with Gasteiger partial charge in [0.2, 0.25) is 0 Å². The monoisotopic (exact) mass is 604 g/mol. The first-order valence-electron chi connectivity index (χ1n) is 9.29. The zero-order valence-electron chi connectivity index (χ0n) is 20.0. The second-order valence-electron chi connectivity index (χ2n) is 7.15. The molecule has 0 aliphatic rings. The predicted molar refractivity (Wildman–Crippen MR) is 118 cm³/mol. The number of phenols is 1. The maximum Gasteiger partial charge on any atom is 1.00 e. The van der Waals surface area contributed by atoms with E-state index in [-0.39, 0.29) is 116 Å². The zero-order valence-corrected chi connectivity index (χ0v) is 28.5. The standard InChI is InChI=1S/C20H14N2O10S3.3Na/c23-19-18(34(27,28)29)10-11-9-12(5-6-13(11)20(19)35(30,31)32)21-22-16-7-8-17(33(24,25)26)15-4-2-1-3-14(15)16;;;/h1-10,23H,(H,24,25,26)(H,27,28,29)(H,30,31,32);;;/q;3*+1/p-3. The van der Waals surface area contributed by atoms with Gasteiger partial charge in [0.1, 0.15) is 35.2 Å². The van der Waals surface area contributed by atoms with Crippen molar-refractivity contribution in [3.8, 4) is 5.75 Å². The van der Waals surface area contributed by atoms with E-state index in [4.69, 9.17) is 0 Å². The summed E-state index contributed by atoms with van der Waals surface area (Å²) in [5.41, 5.74) is 0.195. The number of hydrogen-bond donors (Lipinski definition) is 1. The van der Waals surface area contributed by atoms with Crippen LogP contribution < -0.4 is 88.7 Å². The van der Waals surface area contributed by atoms with Crippen molar-refractivity contribution in [3.63, 3.8) is 0 Å². The molecule has 0 spiro atoms. The van der Waals surface area contributed by atoms with Crippen molar-refractivity contribution in [1.29, 1.82) is 0 Å². The van der Waals surface area contributed by atoms with Crippen molar-refractivity contribution in [2.75, 3.05) is 0 Å². The van der Waals surface area contributed by atoms with Crippen molar-refractivity contribution < 1.29 is 133 Å². The maximum atomic E-state index is 11.6. The van der Waals surface area contributed by atoms with Crippen molar-refractivity contribution in [3.05, 3.63) is 60.7 Å². The van der Waals surface area contributed by atoms with Crippen molar-refractivity contribution >= 4 is 63.3 Å². The van der Waals surface area contributed by atoms with Gasteiger partial charge in [-0.25, -0.2) is 25.3 Å². The van der Waals surface area contributed by atoms with Gasteiger partial charge in [-0.05, 0) is 35.7 Å². The molecule has 0 saturated carbocycles. The Kier molecular flexibility index (Phi) is 12.2. The molecule has 4 aromatic carbocycles. The van der Waals surface area contributed by atoms with Crippen LogP contribution in [-0.4, -0.2) is 44.0 Å². The molecular formula is C20H11N2Na3O10S3. The molecule has 0 aliphatic heterocycles. The number of benzene rings is 4. The molecule has 0 aliphatic carbocycles. The number of rotatable bonds is 5. The van der Waals surface area contributed by atoms with E-state index in [1.54, 1.807) is 6.07 Å². The van der Waals surface area contributed by atoms with Crippen LogP contribution in [0.2, 0.25) is 0 Å². The Morgan fingerprint density at radius 3 is 1.74 bits per heavy atom. The largest absolute Gasteiger partial charge is 1.00 e. The minimum atomic E-state index is -5.38. The average Bonchev–Trinajstić information content (AvgIpc) is 2.74. The molecule has 0 amide bonds. The summed E-state index contributed by atoms with van der Waals surface area (Å²) in [7, 11) is -15.5. The van der Waals surface area contributed by atoms with Crippen LogP contribution in [0.4, 0.5) is 11.4 Å². The fourth-order valence-corrected chi connectivity index (χ4v) is 5.66. The topological polar surface area (TPSA) is 217 Å². The second kappa shape index (κ2) is 13.0. The number of aromatic hydroxyl groups is 1. The van der Waals surface area contributed by atoms with E-state index in [2.05, 4.69) is 10.2 Å². The third kappa shape index (κ3) is 7.43. The van der Waals surface area contributed by atoms with Gasteiger partial charge in [0.05, 0.1) is 21.2 Å². The van der Waals surface area contributed by atoms with Gasteiger partial charge >= 0.3 is 88.7 Å². The van der Waals surface area contributed by atoms with Crippen LogP contribution in [0.15, 0.2) is 85.6 Å². The minimum Gasteiger partial charge on any atom is -0.744 e. The van der Waals surface area contributed by atoms with Crippen molar-refractivity contribution in [2.45, 2.75) is 14.7 Å². The van der Waals surface area contributed by atoms with Gasteiger partial charge in [0, 0.05) is 16.2 Å². The molecule has 0 atom stereocenters. The first-order valence-corrected chi connectivity index (χ1v) is 13.5. The Hall–Kier alpha value is -0.470. The molecule has 0 aromatic heterocycles. The average molecular weight is 604 g/mol. The van der Waals surface area contributed by atoms with Gasteiger partial charge in [-0.1, -0.05) is 30.3 Å². The molecule has 0 bridgehead atoms. The maximum absolute atomic E-state index is 11.6. The van der Waals surface area contributed by atoms with Crippen LogP contribution in [-0.2, 0) is 30.4 Å². The normalized spacial score (nSPS) is 12.1. The van der Waals surface area contributed by atoms with Crippen LogP contribution in [0.1, 0.15) is 0 Å². The molecule has 0 fully saturated rings. The van der Waals surface area contributed by atoms with Crippen LogP contribution in [0.5, 0.6) is 5.75 Å². The van der Waals surface area contributed by atoms with Gasteiger partial charge < -0.3 is 18.8 Å². The Morgan fingerprint density at radius 2 is 1.18 bits per heavy atom. The quantitative estimate of drug-likeness (QED) is 0.129. The number of nitrogens with zero attached hydrogens (tertiary/aromatic N) is 2. The van der Waals surface area contributed by atoms with E-state index in [0.29, 0.717) is 11.5 Å².